The number of aliphatic carboxylic acids is 1. The van der Waals surface area contributed by atoms with Gasteiger partial charge in [-0.05, 0) is 112 Å². The van der Waals surface area contributed by atoms with Crippen LogP contribution in [0.25, 0.3) is 0 Å². The number of carboxylic acid groups (broad SMARTS) is 1. The lowest BCUT2D eigenvalue weighted by Crippen LogP contribution is -2.45. The molecule has 2 heterocycles. The average Bonchev–Trinajstić information content (AvgIpc) is 3.12. The SMILES string of the molecule is O=C(O)C(F)(F)F.O=C(c1ccc([N+](=O)[O-])cc1)N1CCC(C(=O)N(CCCN2CCC(Cc3ccc(F)cc3)CC2)c2ccc(Cl)c(Cl)c2)CC1. The molecule has 16 heteroatoms. The van der Waals surface area contributed by atoms with Crippen molar-refractivity contribution in [2.45, 2.75) is 44.7 Å². The summed E-state index contributed by atoms with van der Waals surface area (Å²) in [7, 11) is 0. The first-order valence-corrected chi connectivity index (χ1v) is 17.4. The number of carbonyl (C=O) groups excluding carboxylic acids is 2. The van der Waals surface area contributed by atoms with Gasteiger partial charge in [-0.15, -0.1) is 0 Å². The monoisotopic (exact) mass is 768 g/mol. The Morgan fingerprint density at radius 3 is 2.02 bits per heavy atom. The standard InChI is InChI=1S/C34H37Cl2FN4O4.C2HF3O2/c35-31-11-10-30(23-32(31)36)40(17-1-16-38-18-12-25(13-19-38)22-24-2-6-28(37)7-3-24)34(43)27-14-20-39(21-15-27)33(42)26-4-8-29(9-5-26)41(44)45;3-2(4,5)1(6)7/h2-11,23,25,27H,1,12-22H2;(H,6,7). The Hall–Kier alpha value is -4.27. The maximum atomic E-state index is 13.9. The summed E-state index contributed by atoms with van der Waals surface area (Å²) >= 11 is 12.5. The number of anilines is 1. The Labute approximate surface area is 308 Å². The van der Waals surface area contributed by atoms with E-state index < -0.39 is 17.1 Å². The van der Waals surface area contributed by atoms with Gasteiger partial charge in [-0.2, -0.15) is 13.2 Å². The van der Waals surface area contributed by atoms with Crippen LogP contribution in [0.15, 0.2) is 66.7 Å². The topological polar surface area (TPSA) is 124 Å². The van der Waals surface area contributed by atoms with Crippen molar-refractivity contribution in [2.24, 2.45) is 11.8 Å². The van der Waals surface area contributed by atoms with Crippen LogP contribution in [0, 0.1) is 27.8 Å². The molecule has 10 nitrogen and oxygen atoms in total. The number of nitro benzene ring substituents is 1. The minimum Gasteiger partial charge on any atom is -0.475 e. The number of nitrogens with zero attached hydrogens (tertiary/aromatic N) is 4. The number of amides is 2. The summed E-state index contributed by atoms with van der Waals surface area (Å²) in [6, 6.07) is 17.6. The van der Waals surface area contributed by atoms with Crippen molar-refractivity contribution in [1.29, 1.82) is 0 Å². The molecule has 2 fully saturated rings. The van der Waals surface area contributed by atoms with Gasteiger partial charge in [0.2, 0.25) is 5.91 Å². The van der Waals surface area contributed by atoms with Crippen molar-refractivity contribution in [1.82, 2.24) is 9.80 Å². The van der Waals surface area contributed by atoms with Crippen molar-refractivity contribution in [3.05, 3.63) is 104 Å². The molecule has 2 aliphatic heterocycles. The molecule has 0 aromatic heterocycles. The molecule has 0 bridgehead atoms. The zero-order chi connectivity index (χ0) is 38.0. The smallest absolute Gasteiger partial charge is 0.475 e. The van der Waals surface area contributed by atoms with Crippen molar-refractivity contribution in [2.75, 3.05) is 44.2 Å². The molecule has 3 aromatic rings. The third kappa shape index (κ3) is 11.6. The van der Waals surface area contributed by atoms with E-state index in [0.29, 0.717) is 59.7 Å². The maximum absolute atomic E-state index is 13.9. The highest BCUT2D eigenvalue weighted by Gasteiger charge is 2.38. The molecule has 2 amide bonds. The van der Waals surface area contributed by atoms with E-state index in [-0.39, 0.29) is 29.2 Å². The van der Waals surface area contributed by atoms with E-state index in [1.54, 1.807) is 17.0 Å². The Bertz CT molecular complexity index is 1700. The number of nitro groups is 1. The minimum atomic E-state index is -5.08. The van der Waals surface area contributed by atoms with Gasteiger partial charge in [-0.25, -0.2) is 9.18 Å². The molecule has 0 radical (unpaired) electrons. The van der Waals surface area contributed by atoms with Gasteiger partial charge >= 0.3 is 12.1 Å². The largest absolute Gasteiger partial charge is 0.490 e. The zero-order valence-electron chi connectivity index (χ0n) is 28.0. The summed E-state index contributed by atoms with van der Waals surface area (Å²) in [5, 5.41) is 18.9. The Balaban J connectivity index is 0.000000785. The van der Waals surface area contributed by atoms with Crippen LogP contribution in [0.3, 0.4) is 0 Å². The number of benzene rings is 3. The molecule has 52 heavy (non-hydrogen) atoms. The van der Waals surface area contributed by atoms with Gasteiger partial charge in [0.1, 0.15) is 5.82 Å². The lowest BCUT2D eigenvalue weighted by atomic mass is 9.90. The summed E-state index contributed by atoms with van der Waals surface area (Å²) in [6.07, 6.45) is -0.0973. The summed E-state index contributed by atoms with van der Waals surface area (Å²) in [5.74, 6) is -2.82. The van der Waals surface area contributed by atoms with Crippen LogP contribution >= 0.6 is 23.2 Å². The molecule has 0 saturated carbocycles. The number of carbonyl (C=O) groups is 3. The second kappa shape index (κ2) is 18.5. The molecule has 5 rings (SSSR count). The molecule has 0 unspecified atom stereocenters. The predicted octanol–water partition coefficient (Wildman–Crippen LogP) is 7.90. The molecular weight excluding hydrogens is 731 g/mol. The van der Waals surface area contributed by atoms with Crippen LogP contribution < -0.4 is 4.90 Å². The van der Waals surface area contributed by atoms with Gasteiger partial charge < -0.3 is 19.8 Å². The molecule has 0 atom stereocenters. The molecule has 3 aromatic carbocycles. The fraction of sp³-hybridized carbons (Fsp3) is 0.417. The average molecular weight is 770 g/mol. The molecule has 0 aliphatic carbocycles. The van der Waals surface area contributed by atoms with E-state index in [2.05, 4.69) is 4.90 Å². The van der Waals surface area contributed by atoms with E-state index in [0.717, 1.165) is 45.3 Å². The van der Waals surface area contributed by atoms with Gasteiger partial charge in [0.15, 0.2) is 0 Å². The fourth-order valence-electron chi connectivity index (χ4n) is 6.30. The number of hydrogen-bond donors (Lipinski definition) is 1. The van der Waals surface area contributed by atoms with Crippen LogP contribution in [-0.4, -0.2) is 83.1 Å². The molecule has 2 aliphatic rings. The Morgan fingerprint density at radius 1 is 0.885 bits per heavy atom. The number of halogens is 6. The molecule has 1 N–H and O–H groups in total. The van der Waals surface area contributed by atoms with Crippen LogP contribution in [0.4, 0.5) is 28.9 Å². The van der Waals surface area contributed by atoms with Crippen molar-refractivity contribution < 1.29 is 42.0 Å². The Morgan fingerprint density at radius 2 is 1.48 bits per heavy atom. The summed E-state index contributed by atoms with van der Waals surface area (Å²) in [4.78, 5) is 52.2. The van der Waals surface area contributed by atoms with Gasteiger partial charge in [0, 0.05) is 48.9 Å². The van der Waals surface area contributed by atoms with E-state index in [9.17, 15) is 37.3 Å². The van der Waals surface area contributed by atoms with Crippen molar-refractivity contribution in [3.63, 3.8) is 0 Å². The number of hydrogen-bond acceptors (Lipinski definition) is 6. The normalized spacial score (nSPS) is 15.8. The maximum Gasteiger partial charge on any atom is 0.490 e. The molecule has 2 saturated heterocycles. The fourth-order valence-corrected chi connectivity index (χ4v) is 6.59. The quantitative estimate of drug-likeness (QED) is 0.126. The number of alkyl halides is 3. The van der Waals surface area contributed by atoms with Crippen LogP contribution in [0.5, 0.6) is 0 Å². The summed E-state index contributed by atoms with van der Waals surface area (Å²) in [5.41, 5.74) is 2.20. The summed E-state index contributed by atoms with van der Waals surface area (Å²) < 4.78 is 45.0. The first kappa shape index (κ1) is 40.5. The number of carboxylic acids is 1. The third-order valence-electron chi connectivity index (χ3n) is 9.18. The summed E-state index contributed by atoms with van der Waals surface area (Å²) in [6.45, 7) is 4.25. The zero-order valence-corrected chi connectivity index (χ0v) is 29.5. The van der Waals surface area contributed by atoms with E-state index in [1.165, 1.54) is 42.0 Å². The van der Waals surface area contributed by atoms with Crippen molar-refractivity contribution >= 4 is 52.4 Å². The lowest BCUT2D eigenvalue weighted by Gasteiger charge is -2.35. The van der Waals surface area contributed by atoms with Crippen LogP contribution in [0.2, 0.25) is 10.0 Å². The lowest BCUT2D eigenvalue weighted by molar-refractivity contribution is -0.384. The number of likely N-dealkylation sites (tertiary alicyclic amines) is 2. The third-order valence-corrected chi connectivity index (χ3v) is 9.92. The first-order chi connectivity index (χ1) is 24.6. The highest BCUT2D eigenvalue weighted by molar-refractivity contribution is 6.42. The number of piperidine rings is 2. The van der Waals surface area contributed by atoms with E-state index in [4.69, 9.17) is 33.1 Å². The van der Waals surface area contributed by atoms with Gasteiger partial charge in [0.25, 0.3) is 11.6 Å². The van der Waals surface area contributed by atoms with Crippen LogP contribution in [-0.2, 0) is 16.0 Å². The first-order valence-electron chi connectivity index (χ1n) is 16.7. The molecular formula is C36H38Cl2F4N4O6. The second-order valence-electron chi connectivity index (χ2n) is 12.7. The van der Waals surface area contributed by atoms with Crippen LogP contribution in [0.1, 0.15) is 48.0 Å². The van der Waals surface area contributed by atoms with Gasteiger partial charge in [-0.3, -0.25) is 19.7 Å². The minimum absolute atomic E-state index is 0.00818. The molecule has 0 spiro atoms. The highest BCUT2D eigenvalue weighted by Crippen LogP contribution is 2.31. The Kier molecular flexibility index (Phi) is 14.4. The van der Waals surface area contributed by atoms with E-state index in [1.807, 2.05) is 23.1 Å². The highest BCUT2D eigenvalue weighted by atomic mass is 35.5. The van der Waals surface area contributed by atoms with E-state index >= 15 is 0 Å². The second-order valence-corrected chi connectivity index (χ2v) is 13.5. The number of non-ortho nitro benzene ring substituents is 1. The number of rotatable bonds is 10. The molecule has 280 valence electrons. The van der Waals surface area contributed by atoms with Crippen molar-refractivity contribution in [3.8, 4) is 0 Å². The van der Waals surface area contributed by atoms with Gasteiger partial charge in [0.05, 0.1) is 15.0 Å². The van der Waals surface area contributed by atoms with Gasteiger partial charge in [-0.1, -0.05) is 35.3 Å². The predicted molar refractivity (Wildman–Crippen MR) is 188 cm³/mol.